The Morgan fingerprint density at radius 2 is 1.27 bits per heavy atom. The Morgan fingerprint density at radius 1 is 0.846 bits per heavy atom. The predicted molar refractivity (Wildman–Crippen MR) is 103 cm³/mol. The van der Waals surface area contributed by atoms with Gasteiger partial charge < -0.3 is 33.2 Å². The molecule has 1 amide bonds. The SMILES string of the molecule is CC[N+](CC)(CC)CCOC(=O)N(c1ccccc1)c1ccccc1.[I-]. The summed E-state index contributed by atoms with van der Waals surface area (Å²) in [4.78, 5) is 14.4. The number of amides is 1. The molecular weight excluding hydrogens is 439 g/mol. The summed E-state index contributed by atoms with van der Waals surface area (Å²) in [6.07, 6.45) is -0.334. The number of benzene rings is 2. The van der Waals surface area contributed by atoms with Crippen LogP contribution in [0.4, 0.5) is 16.2 Å². The molecule has 5 heteroatoms. The molecule has 2 aromatic carbocycles. The van der Waals surface area contributed by atoms with Gasteiger partial charge in [-0.1, -0.05) is 36.4 Å². The number of halogens is 1. The van der Waals surface area contributed by atoms with E-state index in [4.69, 9.17) is 4.74 Å². The number of hydrogen-bond acceptors (Lipinski definition) is 2. The Hall–Kier alpha value is -1.60. The molecule has 0 fully saturated rings. The van der Waals surface area contributed by atoms with Crippen molar-refractivity contribution in [1.82, 2.24) is 0 Å². The Balaban J connectivity index is 0.00000338. The van der Waals surface area contributed by atoms with Crippen molar-refractivity contribution in [2.45, 2.75) is 20.8 Å². The van der Waals surface area contributed by atoms with E-state index in [0.29, 0.717) is 6.61 Å². The number of likely N-dealkylation sites (N-methyl/N-ethyl adjacent to an activating group) is 1. The number of para-hydroxylation sites is 2. The van der Waals surface area contributed by atoms with Crippen LogP contribution in [0.25, 0.3) is 0 Å². The minimum Gasteiger partial charge on any atom is -1.00 e. The van der Waals surface area contributed by atoms with Crippen molar-refractivity contribution < 1.29 is 38.0 Å². The highest BCUT2D eigenvalue weighted by Gasteiger charge is 2.23. The van der Waals surface area contributed by atoms with Crippen LogP contribution >= 0.6 is 0 Å². The average molecular weight is 468 g/mol. The van der Waals surface area contributed by atoms with E-state index in [1.807, 2.05) is 60.7 Å². The lowest BCUT2D eigenvalue weighted by atomic mass is 10.2. The molecule has 0 aromatic heterocycles. The van der Waals surface area contributed by atoms with Crippen LogP contribution in [0, 0.1) is 0 Å². The van der Waals surface area contributed by atoms with Gasteiger partial charge in [0.25, 0.3) is 0 Å². The monoisotopic (exact) mass is 468 g/mol. The molecule has 0 atom stereocenters. The first-order valence-corrected chi connectivity index (χ1v) is 9.08. The van der Waals surface area contributed by atoms with Crippen LogP contribution in [-0.4, -0.2) is 43.4 Å². The van der Waals surface area contributed by atoms with Crippen molar-refractivity contribution in [2.24, 2.45) is 0 Å². The summed E-state index contributed by atoms with van der Waals surface area (Å²) in [5, 5.41) is 0. The fourth-order valence-electron chi connectivity index (χ4n) is 3.05. The van der Waals surface area contributed by atoms with E-state index in [0.717, 1.165) is 42.0 Å². The van der Waals surface area contributed by atoms with Gasteiger partial charge in [-0.3, -0.25) is 0 Å². The maximum absolute atomic E-state index is 12.8. The van der Waals surface area contributed by atoms with Crippen molar-refractivity contribution in [1.29, 1.82) is 0 Å². The molecule has 0 bridgehead atoms. The third kappa shape index (κ3) is 5.71. The summed E-state index contributed by atoms with van der Waals surface area (Å²) in [6.45, 7) is 11.0. The molecule has 0 aliphatic heterocycles. The Morgan fingerprint density at radius 3 is 1.65 bits per heavy atom. The minimum atomic E-state index is -0.334. The third-order valence-electron chi connectivity index (χ3n) is 5.01. The largest absolute Gasteiger partial charge is 1.00 e. The second-order valence-electron chi connectivity index (χ2n) is 6.13. The van der Waals surface area contributed by atoms with Gasteiger partial charge in [0.1, 0.15) is 13.2 Å². The molecule has 0 saturated carbocycles. The van der Waals surface area contributed by atoms with Crippen LogP contribution < -0.4 is 28.9 Å². The van der Waals surface area contributed by atoms with Gasteiger partial charge in [-0.2, -0.15) is 0 Å². The molecule has 0 aliphatic rings. The lowest BCUT2D eigenvalue weighted by Crippen LogP contribution is -3.00. The molecule has 2 rings (SSSR count). The van der Waals surface area contributed by atoms with Gasteiger partial charge in [-0.15, -0.1) is 0 Å². The molecule has 0 saturated heterocycles. The number of quaternary nitrogens is 1. The normalized spacial score (nSPS) is 10.7. The van der Waals surface area contributed by atoms with Gasteiger partial charge in [0.2, 0.25) is 0 Å². The van der Waals surface area contributed by atoms with E-state index < -0.39 is 0 Å². The van der Waals surface area contributed by atoms with Gasteiger partial charge in [0.05, 0.1) is 31.0 Å². The zero-order valence-electron chi connectivity index (χ0n) is 15.9. The number of carbonyl (C=O) groups is 1. The van der Waals surface area contributed by atoms with Crippen molar-refractivity contribution in [3.63, 3.8) is 0 Å². The zero-order chi connectivity index (χ0) is 18.1. The summed E-state index contributed by atoms with van der Waals surface area (Å²) in [7, 11) is 0. The minimum absolute atomic E-state index is 0. The topological polar surface area (TPSA) is 29.5 Å². The van der Waals surface area contributed by atoms with E-state index in [2.05, 4.69) is 20.8 Å². The molecule has 0 heterocycles. The lowest BCUT2D eigenvalue weighted by Gasteiger charge is -2.35. The zero-order valence-corrected chi connectivity index (χ0v) is 18.1. The number of anilines is 2. The van der Waals surface area contributed by atoms with E-state index in [1.165, 1.54) is 0 Å². The molecule has 0 spiro atoms. The summed E-state index contributed by atoms with van der Waals surface area (Å²) in [5.41, 5.74) is 1.61. The molecule has 0 N–H and O–H groups in total. The van der Waals surface area contributed by atoms with Gasteiger partial charge >= 0.3 is 6.09 Å². The second kappa shape index (κ2) is 11.2. The molecule has 0 unspecified atom stereocenters. The Labute approximate surface area is 174 Å². The highest BCUT2D eigenvalue weighted by molar-refractivity contribution is 5.95. The fraction of sp³-hybridized carbons (Fsp3) is 0.381. The molecule has 0 aliphatic carbocycles. The smallest absolute Gasteiger partial charge is 0.419 e. The van der Waals surface area contributed by atoms with Crippen LogP contribution in [0.15, 0.2) is 60.7 Å². The van der Waals surface area contributed by atoms with E-state index >= 15 is 0 Å². The van der Waals surface area contributed by atoms with Crippen LogP contribution in [-0.2, 0) is 4.74 Å². The summed E-state index contributed by atoms with van der Waals surface area (Å²) >= 11 is 0. The van der Waals surface area contributed by atoms with Crippen LogP contribution in [0.3, 0.4) is 0 Å². The maximum Gasteiger partial charge on any atom is 0.419 e. The van der Waals surface area contributed by atoms with E-state index in [1.54, 1.807) is 4.90 Å². The number of carbonyl (C=O) groups excluding carboxylic acids is 1. The molecule has 2 aromatic rings. The van der Waals surface area contributed by atoms with Gasteiger partial charge in [0.15, 0.2) is 0 Å². The van der Waals surface area contributed by atoms with Crippen LogP contribution in [0.2, 0.25) is 0 Å². The summed E-state index contributed by atoms with van der Waals surface area (Å²) in [6, 6.07) is 19.2. The van der Waals surface area contributed by atoms with Crippen molar-refractivity contribution in [2.75, 3.05) is 37.7 Å². The second-order valence-corrected chi connectivity index (χ2v) is 6.13. The highest BCUT2D eigenvalue weighted by Crippen LogP contribution is 2.25. The molecule has 26 heavy (non-hydrogen) atoms. The van der Waals surface area contributed by atoms with Crippen molar-refractivity contribution in [3.05, 3.63) is 60.7 Å². The first-order chi connectivity index (χ1) is 12.2. The van der Waals surface area contributed by atoms with E-state index in [9.17, 15) is 4.79 Å². The van der Waals surface area contributed by atoms with Crippen LogP contribution in [0.1, 0.15) is 20.8 Å². The quantitative estimate of drug-likeness (QED) is 0.437. The summed E-state index contributed by atoms with van der Waals surface area (Å²) < 4.78 is 6.61. The number of ether oxygens (including phenoxy) is 1. The van der Waals surface area contributed by atoms with Gasteiger partial charge in [-0.25, -0.2) is 9.69 Å². The van der Waals surface area contributed by atoms with E-state index in [-0.39, 0.29) is 30.1 Å². The first-order valence-electron chi connectivity index (χ1n) is 9.08. The molecule has 4 nitrogen and oxygen atoms in total. The third-order valence-corrected chi connectivity index (χ3v) is 5.01. The van der Waals surface area contributed by atoms with Gasteiger partial charge in [0, 0.05) is 0 Å². The van der Waals surface area contributed by atoms with Gasteiger partial charge in [-0.05, 0) is 45.0 Å². The lowest BCUT2D eigenvalue weighted by molar-refractivity contribution is -0.923. The number of rotatable bonds is 8. The number of hydrogen-bond donors (Lipinski definition) is 0. The maximum atomic E-state index is 12.8. The molecule has 142 valence electrons. The fourth-order valence-corrected chi connectivity index (χ4v) is 3.05. The summed E-state index contributed by atoms with van der Waals surface area (Å²) in [5.74, 6) is 0. The van der Waals surface area contributed by atoms with Crippen molar-refractivity contribution >= 4 is 17.5 Å². The van der Waals surface area contributed by atoms with Crippen molar-refractivity contribution in [3.8, 4) is 0 Å². The predicted octanol–water partition coefficient (Wildman–Crippen LogP) is 1.84. The molecular formula is C21H29IN2O2. The standard InChI is InChI=1S/C21H29N2O2.HI/c1-4-23(5-2,6-3)17-18-25-21(24)22(19-13-9-7-10-14-19)20-15-11-8-12-16-20;/h7-16H,4-6,17-18H2,1-3H3;1H/q+1;/p-1. The highest BCUT2D eigenvalue weighted by atomic mass is 127. The number of nitrogens with zero attached hydrogens (tertiary/aromatic N) is 2. The Bertz CT molecular complexity index is 598. The van der Waals surface area contributed by atoms with Crippen LogP contribution in [0.5, 0.6) is 0 Å². The molecule has 0 radical (unpaired) electrons. The Kier molecular flexibility index (Phi) is 9.65. The first kappa shape index (κ1) is 22.4. The average Bonchev–Trinajstić information content (AvgIpc) is 2.68.